The maximum atomic E-state index is 10.2. The maximum Gasteiger partial charge on any atom is 0.317 e. The maximum absolute atomic E-state index is 10.2. The van der Waals surface area contributed by atoms with Gasteiger partial charge in [0, 0.05) is 0 Å². The van der Waals surface area contributed by atoms with Gasteiger partial charge in [0.25, 0.3) is 0 Å². The Morgan fingerprint density at radius 1 is 1.44 bits per heavy atom. The molecule has 0 amide bonds. The molecule has 0 bridgehead atoms. The Bertz CT molecular complexity index is 542. The van der Waals surface area contributed by atoms with Crippen LogP contribution in [0.2, 0.25) is 0 Å². The molecular formula is C9H9N5O2. The summed E-state index contributed by atoms with van der Waals surface area (Å²) in [5, 5.41) is 15.4. The highest BCUT2D eigenvalue weighted by molar-refractivity contribution is 5.14. The lowest BCUT2D eigenvalue weighted by atomic mass is 10.2. The Hall–Kier alpha value is -2.44. The zero-order valence-corrected chi connectivity index (χ0v) is 8.28. The summed E-state index contributed by atoms with van der Waals surface area (Å²) in [5.41, 5.74) is 1.06. The molecule has 0 aliphatic carbocycles. The number of aromatic nitrogens is 3. The van der Waals surface area contributed by atoms with Gasteiger partial charge in [0.1, 0.15) is 11.4 Å². The summed E-state index contributed by atoms with van der Waals surface area (Å²) >= 11 is 0. The van der Waals surface area contributed by atoms with E-state index >= 15 is 0 Å². The number of aromatic amines is 1. The predicted molar refractivity (Wildman–Crippen MR) is 54.7 cm³/mol. The largest absolute Gasteiger partial charge is 0.317 e. The average molecular weight is 219 g/mol. The van der Waals surface area contributed by atoms with Crippen molar-refractivity contribution < 1.29 is 5.03 Å². The van der Waals surface area contributed by atoms with Crippen molar-refractivity contribution in [3.05, 3.63) is 58.0 Å². The molecule has 0 aliphatic heterocycles. The highest BCUT2D eigenvalue weighted by atomic mass is 16.7. The molecular weight excluding hydrogens is 210 g/mol. The summed E-state index contributed by atoms with van der Waals surface area (Å²) in [6.45, 7) is 0.466. The first kappa shape index (κ1) is 10.1. The molecule has 1 aromatic heterocycles. The number of benzene rings is 1. The fourth-order valence-electron chi connectivity index (χ4n) is 1.32. The number of hydrogen-bond donors (Lipinski definition) is 1. The minimum atomic E-state index is -0.766. The van der Waals surface area contributed by atoms with Gasteiger partial charge < -0.3 is 0 Å². The number of rotatable bonds is 3. The van der Waals surface area contributed by atoms with Gasteiger partial charge in [-0.15, -0.1) is 0 Å². The molecule has 1 heterocycles. The Kier molecular flexibility index (Phi) is 2.77. The van der Waals surface area contributed by atoms with Gasteiger partial charge >= 0.3 is 5.62 Å². The molecule has 0 saturated heterocycles. The number of nitrogens with one attached hydrogen (secondary N) is 1. The second-order valence-electron chi connectivity index (χ2n) is 3.10. The van der Waals surface area contributed by atoms with E-state index in [0.29, 0.717) is 6.54 Å². The molecule has 16 heavy (non-hydrogen) atoms. The molecule has 0 unspecified atom stereocenters. The molecule has 0 fully saturated rings. The van der Waals surface area contributed by atoms with Gasteiger partial charge in [-0.25, -0.2) is 14.8 Å². The van der Waals surface area contributed by atoms with Crippen LogP contribution in [0.5, 0.6) is 0 Å². The van der Waals surface area contributed by atoms with Crippen molar-refractivity contribution in [3.8, 4) is 0 Å². The minimum absolute atomic E-state index is 0.0499. The van der Waals surface area contributed by atoms with Gasteiger partial charge in [-0.1, -0.05) is 30.3 Å². The first-order valence-electron chi connectivity index (χ1n) is 4.59. The number of hydrogen-bond acceptors (Lipinski definition) is 3. The van der Waals surface area contributed by atoms with E-state index in [-0.39, 0.29) is 5.62 Å². The first-order valence-corrected chi connectivity index (χ1v) is 4.59. The normalized spacial score (nSPS) is 11.6. The summed E-state index contributed by atoms with van der Waals surface area (Å²) in [4.78, 5) is 14.0. The zero-order chi connectivity index (χ0) is 11.4. The first-order chi connectivity index (χ1) is 7.75. The molecule has 2 aromatic rings. The molecule has 1 N–H and O–H groups in total. The van der Waals surface area contributed by atoms with E-state index in [4.69, 9.17) is 0 Å². The average Bonchev–Trinajstić information content (AvgIpc) is 2.66. The van der Waals surface area contributed by atoms with E-state index < -0.39 is 5.03 Å². The molecule has 0 aliphatic rings. The Morgan fingerprint density at radius 2 is 2.19 bits per heavy atom. The van der Waals surface area contributed by atoms with Crippen molar-refractivity contribution in [1.82, 2.24) is 14.8 Å². The second-order valence-corrected chi connectivity index (χ2v) is 3.10. The lowest BCUT2D eigenvalue weighted by Gasteiger charge is -2.00. The van der Waals surface area contributed by atoms with Crippen LogP contribution in [0.3, 0.4) is 0 Å². The highest BCUT2D eigenvalue weighted by Crippen LogP contribution is 1.98. The van der Waals surface area contributed by atoms with Crippen LogP contribution in [0, 0.1) is 10.1 Å². The van der Waals surface area contributed by atoms with Crippen molar-refractivity contribution in [2.75, 3.05) is 0 Å². The van der Waals surface area contributed by atoms with E-state index in [1.807, 2.05) is 30.3 Å². The van der Waals surface area contributed by atoms with Gasteiger partial charge in [-0.05, 0) is 5.56 Å². The fraction of sp³-hybridized carbons (Fsp3) is 0.111. The third kappa shape index (κ3) is 2.32. The second kappa shape index (κ2) is 4.39. The van der Waals surface area contributed by atoms with E-state index in [2.05, 4.69) is 15.2 Å². The van der Waals surface area contributed by atoms with Crippen molar-refractivity contribution in [3.63, 3.8) is 0 Å². The van der Waals surface area contributed by atoms with Gasteiger partial charge in [0.2, 0.25) is 0 Å². The van der Waals surface area contributed by atoms with Gasteiger partial charge in [-0.3, -0.25) is 5.10 Å². The van der Waals surface area contributed by atoms with Crippen molar-refractivity contribution in [2.24, 2.45) is 5.10 Å². The quantitative estimate of drug-likeness (QED) is 0.596. The van der Waals surface area contributed by atoms with Crippen LogP contribution in [-0.4, -0.2) is 19.8 Å². The summed E-state index contributed by atoms with van der Waals surface area (Å²) < 4.78 is 1.50. The van der Waals surface area contributed by atoms with Crippen LogP contribution >= 0.6 is 0 Å². The zero-order valence-electron chi connectivity index (χ0n) is 8.28. The van der Waals surface area contributed by atoms with E-state index in [1.54, 1.807) is 0 Å². The Balaban J connectivity index is 2.30. The van der Waals surface area contributed by atoms with E-state index in [0.717, 1.165) is 5.56 Å². The van der Waals surface area contributed by atoms with Crippen LogP contribution in [0.25, 0.3) is 0 Å². The van der Waals surface area contributed by atoms with Crippen LogP contribution in [-0.2, 0) is 6.54 Å². The van der Waals surface area contributed by atoms with Crippen LogP contribution in [0.1, 0.15) is 5.56 Å². The van der Waals surface area contributed by atoms with E-state index in [1.165, 1.54) is 11.0 Å². The molecule has 82 valence electrons. The highest BCUT2D eigenvalue weighted by Gasteiger charge is 2.01. The molecule has 7 heteroatoms. The molecule has 0 spiro atoms. The molecule has 1 aromatic carbocycles. The summed E-state index contributed by atoms with van der Waals surface area (Å²) in [6, 6.07) is 9.55. The fourth-order valence-corrected chi connectivity index (χ4v) is 1.32. The number of nitrogens with zero attached hydrogens (tertiary/aromatic N) is 4. The topological polar surface area (TPSA) is 89.1 Å². The summed E-state index contributed by atoms with van der Waals surface area (Å²) in [7, 11) is 0. The SMILES string of the molecule is O=[N+]([O-])/N=c1\nc[nH]n1Cc1ccccc1. The minimum Gasteiger partial charge on any atom is -0.285 e. The van der Waals surface area contributed by atoms with Crippen LogP contribution < -0.4 is 5.62 Å². The number of H-pyrrole nitrogens is 1. The summed E-state index contributed by atoms with van der Waals surface area (Å²) in [6.07, 6.45) is 1.37. The number of nitro groups is 1. The molecule has 2 rings (SSSR count). The van der Waals surface area contributed by atoms with Crippen LogP contribution in [0.15, 0.2) is 41.8 Å². The smallest absolute Gasteiger partial charge is 0.285 e. The molecule has 0 atom stereocenters. The third-order valence-electron chi connectivity index (χ3n) is 1.99. The molecule has 0 saturated carbocycles. The molecule has 0 radical (unpaired) electrons. The van der Waals surface area contributed by atoms with Crippen molar-refractivity contribution in [2.45, 2.75) is 6.54 Å². The Labute approximate surface area is 90.2 Å². The van der Waals surface area contributed by atoms with Gasteiger partial charge in [0.05, 0.1) is 6.54 Å². The van der Waals surface area contributed by atoms with Crippen LogP contribution in [0.4, 0.5) is 0 Å². The third-order valence-corrected chi connectivity index (χ3v) is 1.99. The predicted octanol–water partition coefficient (Wildman–Crippen LogP) is 0.352. The van der Waals surface area contributed by atoms with Gasteiger partial charge in [0.15, 0.2) is 5.03 Å². The van der Waals surface area contributed by atoms with Gasteiger partial charge in [-0.2, -0.15) is 4.98 Å². The lowest BCUT2D eigenvalue weighted by molar-refractivity contribution is -0.491. The Morgan fingerprint density at radius 3 is 2.88 bits per heavy atom. The summed E-state index contributed by atoms with van der Waals surface area (Å²) in [5.74, 6) is 0. The van der Waals surface area contributed by atoms with Crippen molar-refractivity contribution >= 4 is 0 Å². The molecule has 7 nitrogen and oxygen atoms in total. The van der Waals surface area contributed by atoms with E-state index in [9.17, 15) is 10.1 Å². The monoisotopic (exact) mass is 219 g/mol. The lowest BCUT2D eigenvalue weighted by Crippen LogP contribution is -2.22. The standard InChI is InChI=1S/C9H9N5O2/c15-14(16)12-9-10-7-11-13(9)6-8-4-2-1-3-5-8/h1-5,7H,6H2,(H,10,11,12). The van der Waals surface area contributed by atoms with Crippen molar-refractivity contribution in [1.29, 1.82) is 0 Å².